The molecule has 0 aliphatic carbocycles. The van der Waals surface area contributed by atoms with Crippen LogP contribution in [0.3, 0.4) is 0 Å². The molecule has 0 spiro atoms. The Balaban J connectivity index is 3.36. The molecule has 1 aromatic rings. The Morgan fingerprint density at radius 3 is 2.41 bits per heavy atom. The van der Waals surface area contributed by atoms with Crippen molar-refractivity contribution in [3.8, 4) is 5.75 Å². The largest absolute Gasteiger partial charge is 0.497 e. The smallest absolute Gasteiger partial charge is 0.419 e. The normalized spacial score (nSPS) is 11.1. The minimum Gasteiger partial charge on any atom is -0.497 e. The molecule has 0 fully saturated rings. The van der Waals surface area contributed by atoms with Gasteiger partial charge in [-0.05, 0) is 18.3 Å². The van der Waals surface area contributed by atoms with E-state index in [0.717, 1.165) is 13.2 Å². The summed E-state index contributed by atoms with van der Waals surface area (Å²) in [6.45, 7) is 0. The first kappa shape index (κ1) is 13.5. The maximum Gasteiger partial charge on any atom is 0.419 e. The lowest BCUT2D eigenvalue weighted by Gasteiger charge is -2.14. The SMILES string of the molecule is COc1cc(NC(N)=S)c(F)c(C(F)(F)F)c1. The van der Waals surface area contributed by atoms with Crippen molar-refractivity contribution in [3.05, 3.63) is 23.5 Å². The summed E-state index contributed by atoms with van der Waals surface area (Å²) in [6, 6.07) is 1.59. The van der Waals surface area contributed by atoms with Crippen molar-refractivity contribution in [1.82, 2.24) is 0 Å². The molecule has 17 heavy (non-hydrogen) atoms. The van der Waals surface area contributed by atoms with Crippen molar-refractivity contribution >= 4 is 23.0 Å². The van der Waals surface area contributed by atoms with Gasteiger partial charge in [-0.25, -0.2) is 4.39 Å². The molecule has 8 heteroatoms. The third-order valence-corrected chi connectivity index (χ3v) is 1.95. The third-order valence-electron chi connectivity index (χ3n) is 1.85. The van der Waals surface area contributed by atoms with Crippen molar-refractivity contribution in [2.45, 2.75) is 6.18 Å². The van der Waals surface area contributed by atoms with E-state index in [4.69, 9.17) is 5.73 Å². The highest BCUT2D eigenvalue weighted by Gasteiger charge is 2.36. The first-order valence-electron chi connectivity index (χ1n) is 4.27. The van der Waals surface area contributed by atoms with Crippen LogP contribution in [0.5, 0.6) is 5.75 Å². The number of nitrogens with two attached hydrogens (primary N) is 1. The van der Waals surface area contributed by atoms with Gasteiger partial charge in [-0.3, -0.25) is 0 Å². The molecular formula is C9H8F4N2OS. The van der Waals surface area contributed by atoms with Gasteiger partial charge in [-0.2, -0.15) is 13.2 Å². The van der Waals surface area contributed by atoms with Crippen LogP contribution in [0.1, 0.15) is 5.56 Å². The van der Waals surface area contributed by atoms with Gasteiger partial charge in [0.25, 0.3) is 0 Å². The summed E-state index contributed by atoms with van der Waals surface area (Å²) in [4.78, 5) is 0. The number of methoxy groups -OCH3 is 1. The molecule has 0 radical (unpaired) electrons. The summed E-state index contributed by atoms with van der Waals surface area (Å²) in [5, 5.41) is 1.77. The van der Waals surface area contributed by atoms with Gasteiger partial charge in [0, 0.05) is 6.07 Å². The molecule has 3 N–H and O–H groups in total. The zero-order valence-electron chi connectivity index (χ0n) is 8.56. The minimum atomic E-state index is -4.83. The fourth-order valence-electron chi connectivity index (χ4n) is 1.15. The number of nitrogens with one attached hydrogen (secondary N) is 1. The Morgan fingerprint density at radius 2 is 2.00 bits per heavy atom. The zero-order valence-corrected chi connectivity index (χ0v) is 9.38. The van der Waals surface area contributed by atoms with E-state index < -0.39 is 23.2 Å². The van der Waals surface area contributed by atoms with E-state index in [-0.39, 0.29) is 10.9 Å². The summed E-state index contributed by atoms with van der Waals surface area (Å²) in [7, 11) is 1.16. The Hall–Kier alpha value is -1.57. The molecule has 3 nitrogen and oxygen atoms in total. The minimum absolute atomic E-state index is 0.155. The van der Waals surface area contributed by atoms with E-state index in [1.165, 1.54) is 0 Å². The number of ether oxygens (including phenoxy) is 1. The van der Waals surface area contributed by atoms with E-state index in [9.17, 15) is 17.6 Å². The number of alkyl halides is 3. The highest BCUT2D eigenvalue weighted by Crippen LogP contribution is 2.37. The van der Waals surface area contributed by atoms with Crippen LogP contribution in [0.25, 0.3) is 0 Å². The maximum absolute atomic E-state index is 13.5. The van der Waals surface area contributed by atoms with Gasteiger partial charge in [-0.1, -0.05) is 0 Å². The van der Waals surface area contributed by atoms with Gasteiger partial charge in [-0.15, -0.1) is 0 Å². The lowest BCUT2D eigenvalue weighted by atomic mass is 10.1. The van der Waals surface area contributed by atoms with Crippen LogP contribution in [-0.2, 0) is 6.18 Å². The van der Waals surface area contributed by atoms with Crippen LogP contribution in [0, 0.1) is 5.82 Å². The lowest BCUT2D eigenvalue weighted by molar-refractivity contribution is -0.140. The van der Waals surface area contributed by atoms with Crippen molar-refractivity contribution in [2.75, 3.05) is 12.4 Å². The Labute approximate surface area is 99.6 Å². The quantitative estimate of drug-likeness (QED) is 0.639. The molecule has 0 aromatic heterocycles. The average molecular weight is 268 g/mol. The van der Waals surface area contributed by atoms with Crippen LogP contribution in [0.4, 0.5) is 23.2 Å². The summed E-state index contributed by atoms with van der Waals surface area (Å²) < 4.78 is 55.6. The molecule has 1 rings (SSSR count). The summed E-state index contributed by atoms with van der Waals surface area (Å²) in [5.74, 6) is -1.64. The highest BCUT2D eigenvalue weighted by atomic mass is 32.1. The molecule has 0 heterocycles. The molecule has 0 aliphatic heterocycles. The number of hydrogen-bond acceptors (Lipinski definition) is 2. The van der Waals surface area contributed by atoms with Gasteiger partial charge in [0.05, 0.1) is 18.4 Å². The summed E-state index contributed by atoms with van der Waals surface area (Å²) in [6.07, 6.45) is -4.83. The van der Waals surface area contributed by atoms with E-state index in [1.54, 1.807) is 0 Å². The molecule has 1 aromatic carbocycles. The molecule has 0 atom stereocenters. The number of thiocarbonyl (C=S) groups is 1. The second-order valence-electron chi connectivity index (χ2n) is 3.02. The highest BCUT2D eigenvalue weighted by molar-refractivity contribution is 7.80. The number of hydrogen-bond donors (Lipinski definition) is 2. The average Bonchev–Trinajstić information content (AvgIpc) is 2.18. The van der Waals surface area contributed by atoms with Crippen molar-refractivity contribution in [3.63, 3.8) is 0 Å². The Bertz CT molecular complexity index is 447. The van der Waals surface area contributed by atoms with E-state index in [0.29, 0.717) is 6.07 Å². The molecule has 0 aliphatic rings. The van der Waals surface area contributed by atoms with E-state index >= 15 is 0 Å². The van der Waals surface area contributed by atoms with E-state index in [2.05, 4.69) is 22.3 Å². The van der Waals surface area contributed by atoms with Crippen LogP contribution >= 0.6 is 12.2 Å². The van der Waals surface area contributed by atoms with Crippen molar-refractivity contribution in [2.24, 2.45) is 5.73 Å². The van der Waals surface area contributed by atoms with Crippen LogP contribution in [0.2, 0.25) is 0 Å². The summed E-state index contributed by atoms with van der Waals surface area (Å²) >= 11 is 4.43. The molecule has 94 valence electrons. The second kappa shape index (κ2) is 4.74. The predicted octanol–water partition coefficient (Wildman–Crippen LogP) is 2.51. The van der Waals surface area contributed by atoms with Gasteiger partial charge < -0.3 is 15.8 Å². The van der Waals surface area contributed by atoms with Crippen LogP contribution in [0.15, 0.2) is 12.1 Å². The Kier molecular flexibility index (Phi) is 3.76. The van der Waals surface area contributed by atoms with Gasteiger partial charge in [0.2, 0.25) is 0 Å². The molecule has 0 saturated carbocycles. The zero-order chi connectivity index (χ0) is 13.2. The first-order valence-corrected chi connectivity index (χ1v) is 4.67. The number of halogens is 4. The van der Waals surface area contributed by atoms with Crippen LogP contribution < -0.4 is 15.8 Å². The van der Waals surface area contributed by atoms with Crippen LogP contribution in [-0.4, -0.2) is 12.2 Å². The predicted molar refractivity (Wildman–Crippen MR) is 58.4 cm³/mol. The van der Waals surface area contributed by atoms with Crippen molar-refractivity contribution in [1.29, 1.82) is 0 Å². The number of anilines is 1. The fourth-order valence-corrected chi connectivity index (χ4v) is 1.26. The number of rotatable bonds is 2. The summed E-state index contributed by atoms with van der Waals surface area (Å²) in [5.41, 5.74) is 3.14. The third kappa shape index (κ3) is 3.19. The number of benzene rings is 1. The molecular weight excluding hydrogens is 260 g/mol. The van der Waals surface area contributed by atoms with E-state index in [1.807, 2.05) is 0 Å². The monoisotopic (exact) mass is 268 g/mol. The van der Waals surface area contributed by atoms with Gasteiger partial charge in [0.15, 0.2) is 10.9 Å². The lowest BCUT2D eigenvalue weighted by Crippen LogP contribution is -2.21. The maximum atomic E-state index is 13.5. The topological polar surface area (TPSA) is 47.3 Å². The second-order valence-corrected chi connectivity index (χ2v) is 3.46. The molecule has 0 amide bonds. The molecule has 0 saturated heterocycles. The molecule has 0 bridgehead atoms. The molecule has 0 unspecified atom stereocenters. The first-order chi connectivity index (χ1) is 7.75. The van der Waals surface area contributed by atoms with Gasteiger partial charge >= 0.3 is 6.18 Å². The fraction of sp³-hybridized carbons (Fsp3) is 0.222. The van der Waals surface area contributed by atoms with Crippen molar-refractivity contribution < 1.29 is 22.3 Å². The van der Waals surface area contributed by atoms with Gasteiger partial charge in [0.1, 0.15) is 5.75 Å². The standard InChI is InChI=1S/C9H8F4N2OS/c1-16-4-2-5(9(11,12)13)7(10)6(3-4)15-8(14)17/h2-3H,1H3,(H3,14,15,17). The Morgan fingerprint density at radius 1 is 1.41 bits per heavy atom.